The number of carbonyl (C=O) groups excluding carboxylic acids is 2. The van der Waals surface area contributed by atoms with Gasteiger partial charge in [0.1, 0.15) is 12.3 Å². The largest absolute Gasteiger partial charge is 0.497 e. The molecule has 1 aromatic heterocycles. The fourth-order valence-electron chi connectivity index (χ4n) is 5.02. The first-order valence-electron chi connectivity index (χ1n) is 12.2. The maximum atomic E-state index is 13.1. The third-order valence-corrected chi connectivity index (χ3v) is 7.16. The molecule has 3 heterocycles. The molecular formula is C27H29N5O5. The number of ether oxygens (including phenoxy) is 1. The van der Waals surface area contributed by atoms with Crippen molar-refractivity contribution in [2.75, 3.05) is 25.5 Å². The molecule has 2 aromatic carbocycles. The maximum absolute atomic E-state index is 13.1. The van der Waals surface area contributed by atoms with Crippen LogP contribution in [0.3, 0.4) is 0 Å². The van der Waals surface area contributed by atoms with E-state index in [1.54, 1.807) is 29.2 Å². The Kier molecular flexibility index (Phi) is 6.56. The van der Waals surface area contributed by atoms with Crippen LogP contribution in [-0.4, -0.2) is 57.1 Å². The van der Waals surface area contributed by atoms with Crippen LogP contribution in [0.25, 0.3) is 11.1 Å². The summed E-state index contributed by atoms with van der Waals surface area (Å²) >= 11 is 0. The number of amides is 3. The lowest BCUT2D eigenvalue weighted by molar-refractivity contribution is -0.133. The highest BCUT2D eigenvalue weighted by molar-refractivity contribution is 5.92. The van der Waals surface area contributed by atoms with Crippen molar-refractivity contribution >= 4 is 17.6 Å². The molecule has 0 atom stereocenters. The Morgan fingerprint density at radius 3 is 2.57 bits per heavy atom. The van der Waals surface area contributed by atoms with Gasteiger partial charge in [0.15, 0.2) is 0 Å². The average Bonchev–Trinajstić information content (AvgIpc) is 2.93. The second-order valence-corrected chi connectivity index (χ2v) is 9.38. The summed E-state index contributed by atoms with van der Waals surface area (Å²) in [5.41, 5.74) is 1.83. The van der Waals surface area contributed by atoms with Crippen LogP contribution in [0.4, 0.5) is 10.5 Å². The lowest BCUT2D eigenvalue weighted by atomic mass is 10.0. The number of urea groups is 1. The molecule has 1 saturated heterocycles. The van der Waals surface area contributed by atoms with Gasteiger partial charge in [-0.05, 0) is 42.2 Å². The molecule has 2 aliphatic rings. The number of rotatable bonds is 5. The van der Waals surface area contributed by atoms with E-state index in [1.807, 2.05) is 29.2 Å². The Labute approximate surface area is 213 Å². The van der Waals surface area contributed by atoms with E-state index in [4.69, 9.17) is 4.74 Å². The molecule has 5 rings (SSSR count). The van der Waals surface area contributed by atoms with Crippen molar-refractivity contribution in [1.29, 1.82) is 0 Å². The smallest absolute Gasteiger partial charge is 0.331 e. The van der Waals surface area contributed by atoms with Crippen molar-refractivity contribution in [3.8, 4) is 16.9 Å². The fraction of sp³-hybridized carbons (Fsp3) is 0.333. The Balaban J connectivity index is 1.28. The highest BCUT2D eigenvalue weighted by Crippen LogP contribution is 2.27. The van der Waals surface area contributed by atoms with Gasteiger partial charge in [-0.3, -0.25) is 18.7 Å². The van der Waals surface area contributed by atoms with E-state index >= 15 is 0 Å². The molecule has 3 amide bonds. The predicted octanol–water partition coefficient (Wildman–Crippen LogP) is 2.26. The van der Waals surface area contributed by atoms with Crippen LogP contribution in [0.15, 0.2) is 64.3 Å². The first kappa shape index (κ1) is 24.4. The summed E-state index contributed by atoms with van der Waals surface area (Å²) in [5, 5.41) is 2.95. The summed E-state index contributed by atoms with van der Waals surface area (Å²) in [6.07, 6.45) is 2.75. The Hall–Kier alpha value is -4.34. The van der Waals surface area contributed by atoms with E-state index in [1.165, 1.54) is 24.9 Å². The molecule has 2 aliphatic heterocycles. The molecule has 1 fully saturated rings. The highest BCUT2D eigenvalue weighted by Gasteiger charge is 2.32. The molecule has 0 radical (unpaired) electrons. The van der Waals surface area contributed by atoms with Gasteiger partial charge in [0.2, 0.25) is 5.91 Å². The molecule has 0 aliphatic carbocycles. The number of aromatic nitrogens is 2. The third kappa shape index (κ3) is 4.74. The zero-order chi connectivity index (χ0) is 26.1. The number of nitrogens with one attached hydrogen (secondary N) is 1. The molecule has 37 heavy (non-hydrogen) atoms. The van der Waals surface area contributed by atoms with Gasteiger partial charge in [-0.2, -0.15) is 0 Å². The van der Waals surface area contributed by atoms with Gasteiger partial charge in [0, 0.05) is 44.6 Å². The quantitative estimate of drug-likeness (QED) is 0.575. The van der Waals surface area contributed by atoms with Crippen molar-refractivity contribution < 1.29 is 14.3 Å². The van der Waals surface area contributed by atoms with E-state index in [-0.39, 0.29) is 24.5 Å². The Morgan fingerprint density at radius 2 is 1.81 bits per heavy atom. The number of methoxy groups -OCH3 is 1. The van der Waals surface area contributed by atoms with Crippen LogP contribution in [-0.2, 0) is 24.9 Å². The number of hydrogen-bond acceptors (Lipinski definition) is 5. The van der Waals surface area contributed by atoms with Gasteiger partial charge >= 0.3 is 11.7 Å². The minimum atomic E-state index is -0.552. The molecule has 10 nitrogen and oxygen atoms in total. The van der Waals surface area contributed by atoms with Crippen LogP contribution in [0.1, 0.15) is 18.4 Å². The summed E-state index contributed by atoms with van der Waals surface area (Å²) in [7, 11) is 2.94. The summed E-state index contributed by atoms with van der Waals surface area (Å²) in [4.78, 5) is 54.9. The predicted molar refractivity (Wildman–Crippen MR) is 139 cm³/mol. The number of likely N-dealkylation sites (tertiary alicyclic amines) is 1. The van der Waals surface area contributed by atoms with Crippen LogP contribution < -0.4 is 21.3 Å². The van der Waals surface area contributed by atoms with E-state index in [2.05, 4.69) is 5.32 Å². The number of fused-ring (bicyclic) bond motifs is 1. The van der Waals surface area contributed by atoms with E-state index in [9.17, 15) is 19.2 Å². The Bertz CT molecular complexity index is 1470. The standard InChI is InChI=1S/C27H29N5O5/c1-29-25(34)22(18-7-5-8-21(14-18)37-2)16-31(27(29)36)17-24(33)30-12-10-20(11-13-30)32-15-19-6-3-4-9-23(19)28-26(32)35/h3-9,14,16,20H,10-13,15,17H2,1-2H3,(H,28,35). The number of para-hydroxylation sites is 1. The van der Waals surface area contributed by atoms with Gasteiger partial charge in [-0.25, -0.2) is 9.59 Å². The van der Waals surface area contributed by atoms with Crippen LogP contribution in [0.2, 0.25) is 0 Å². The van der Waals surface area contributed by atoms with Crippen molar-refractivity contribution in [2.45, 2.75) is 32.0 Å². The molecule has 0 bridgehead atoms. The van der Waals surface area contributed by atoms with E-state index < -0.39 is 11.2 Å². The summed E-state index contributed by atoms with van der Waals surface area (Å²) in [6.45, 7) is 1.34. The SMILES string of the molecule is COc1cccc(-c2cn(CC(=O)N3CCC(N4Cc5ccccc5NC4=O)CC3)c(=O)n(C)c2=O)c1. The first-order valence-corrected chi connectivity index (χ1v) is 12.2. The normalized spacial score (nSPS) is 15.8. The molecule has 0 unspecified atom stereocenters. The van der Waals surface area contributed by atoms with Gasteiger partial charge in [0.25, 0.3) is 5.56 Å². The second kappa shape index (κ2) is 9.96. The van der Waals surface area contributed by atoms with Crippen molar-refractivity contribution in [3.05, 3.63) is 81.1 Å². The second-order valence-electron chi connectivity index (χ2n) is 9.38. The van der Waals surface area contributed by atoms with Crippen LogP contribution in [0, 0.1) is 0 Å². The van der Waals surface area contributed by atoms with Crippen molar-refractivity contribution in [2.24, 2.45) is 7.05 Å². The lowest BCUT2D eigenvalue weighted by Crippen LogP contribution is -2.51. The van der Waals surface area contributed by atoms with E-state index in [0.29, 0.717) is 49.4 Å². The number of piperidine rings is 1. The number of benzene rings is 2. The van der Waals surface area contributed by atoms with Gasteiger partial charge < -0.3 is 19.9 Å². The molecule has 192 valence electrons. The Morgan fingerprint density at radius 1 is 1.05 bits per heavy atom. The number of anilines is 1. The van der Waals surface area contributed by atoms with Crippen molar-refractivity contribution in [3.63, 3.8) is 0 Å². The van der Waals surface area contributed by atoms with E-state index in [0.717, 1.165) is 15.8 Å². The molecule has 0 spiro atoms. The maximum Gasteiger partial charge on any atom is 0.331 e. The third-order valence-electron chi connectivity index (χ3n) is 7.16. The fourth-order valence-corrected chi connectivity index (χ4v) is 5.02. The summed E-state index contributed by atoms with van der Waals surface area (Å²) in [5.74, 6) is 0.381. The zero-order valence-corrected chi connectivity index (χ0v) is 20.8. The minimum absolute atomic E-state index is 0.0253. The molecule has 1 N–H and O–H groups in total. The summed E-state index contributed by atoms with van der Waals surface area (Å²) < 4.78 is 7.55. The number of nitrogens with zero attached hydrogens (tertiary/aromatic N) is 4. The van der Waals surface area contributed by atoms with Gasteiger partial charge in [-0.1, -0.05) is 30.3 Å². The van der Waals surface area contributed by atoms with Crippen molar-refractivity contribution in [1.82, 2.24) is 18.9 Å². The topological polar surface area (TPSA) is 106 Å². The monoisotopic (exact) mass is 503 g/mol. The number of carbonyl (C=O) groups is 2. The minimum Gasteiger partial charge on any atom is -0.497 e. The average molecular weight is 504 g/mol. The van der Waals surface area contributed by atoms with Crippen LogP contribution >= 0.6 is 0 Å². The first-order chi connectivity index (χ1) is 17.9. The molecule has 0 saturated carbocycles. The summed E-state index contributed by atoms with van der Waals surface area (Å²) in [6, 6.07) is 14.7. The van der Waals surface area contributed by atoms with Gasteiger partial charge in [-0.15, -0.1) is 0 Å². The molecular weight excluding hydrogens is 474 g/mol. The van der Waals surface area contributed by atoms with Gasteiger partial charge in [0.05, 0.1) is 12.7 Å². The molecule has 10 heteroatoms. The molecule has 3 aromatic rings. The number of hydrogen-bond donors (Lipinski definition) is 1. The van der Waals surface area contributed by atoms with Crippen LogP contribution in [0.5, 0.6) is 5.75 Å². The highest BCUT2D eigenvalue weighted by atomic mass is 16.5. The lowest BCUT2D eigenvalue weighted by Gasteiger charge is -2.40. The zero-order valence-electron chi connectivity index (χ0n) is 20.8.